The molecule has 0 atom stereocenters. The van der Waals surface area contributed by atoms with Crippen LogP contribution in [0.2, 0.25) is 0 Å². The van der Waals surface area contributed by atoms with E-state index in [1.54, 1.807) is 6.33 Å². The molecule has 0 saturated heterocycles. The number of benzene rings is 2. The Morgan fingerprint density at radius 3 is 2.79 bits per heavy atom. The van der Waals surface area contributed by atoms with E-state index in [0.717, 1.165) is 34.2 Å². The van der Waals surface area contributed by atoms with Gasteiger partial charge in [-0.1, -0.05) is 36.4 Å². The summed E-state index contributed by atoms with van der Waals surface area (Å²) in [6, 6.07) is 16.7. The van der Waals surface area contributed by atoms with Crippen LogP contribution in [0, 0.1) is 6.92 Å². The molecule has 0 bridgehead atoms. The number of fused-ring (bicyclic) bond motifs is 1. The number of hydrogen-bond donors (Lipinski definition) is 1. The number of rotatable bonds is 9. The molecule has 2 heterocycles. The van der Waals surface area contributed by atoms with Gasteiger partial charge in [0.15, 0.2) is 0 Å². The maximum atomic E-state index is 11.8. The van der Waals surface area contributed by atoms with Crippen LogP contribution in [0.5, 0.6) is 5.75 Å². The van der Waals surface area contributed by atoms with Gasteiger partial charge in [0.05, 0.1) is 35.6 Å². The van der Waals surface area contributed by atoms with Crippen LogP contribution in [0.15, 0.2) is 54.9 Å². The topological polar surface area (TPSA) is 73.3 Å². The van der Waals surface area contributed by atoms with Gasteiger partial charge in [-0.3, -0.25) is 4.79 Å². The van der Waals surface area contributed by atoms with E-state index in [2.05, 4.69) is 58.6 Å². The van der Waals surface area contributed by atoms with Gasteiger partial charge in [0.25, 0.3) is 0 Å². The second-order valence-electron chi connectivity index (χ2n) is 7.62. The van der Waals surface area contributed by atoms with Gasteiger partial charge in [0.1, 0.15) is 17.9 Å². The van der Waals surface area contributed by atoms with Crippen molar-refractivity contribution in [3.63, 3.8) is 0 Å². The lowest BCUT2D eigenvalue weighted by Crippen LogP contribution is -2.07. The fraction of sp³-hybridized carbons (Fsp3) is 0.269. The maximum absolute atomic E-state index is 11.8. The minimum absolute atomic E-state index is 0.178. The van der Waals surface area contributed by atoms with Crippen molar-refractivity contribution < 1.29 is 14.3 Å². The van der Waals surface area contributed by atoms with Crippen molar-refractivity contribution in [2.45, 2.75) is 26.7 Å². The average Bonchev–Trinajstić information content (AvgIpc) is 3.23. The third-order valence-electron chi connectivity index (χ3n) is 5.53. The number of aromatic nitrogens is 2. The van der Waals surface area contributed by atoms with Crippen molar-refractivity contribution in [2.24, 2.45) is 0 Å². The van der Waals surface area contributed by atoms with Gasteiger partial charge in [-0.15, -0.1) is 11.3 Å². The molecule has 170 valence electrons. The molecule has 0 fully saturated rings. The largest absolute Gasteiger partial charge is 0.493 e. The number of aryl methyl sites for hydroxylation is 1. The molecular weight excluding hydrogens is 434 g/mol. The van der Waals surface area contributed by atoms with Crippen LogP contribution in [0.1, 0.15) is 22.9 Å². The van der Waals surface area contributed by atoms with Gasteiger partial charge in [-0.05, 0) is 42.2 Å². The van der Waals surface area contributed by atoms with Crippen molar-refractivity contribution in [3.05, 3.63) is 70.9 Å². The van der Waals surface area contributed by atoms with Crippen LogP contribution >= 0.6 is 11.3 Å². The standard InChI is InChI=1S/C26H27N3O3S/c1-4-32-22-14-23(33-24(22)15-26(30)31-3)21-13-25(29-16-28-21)27-12-11-18-9-10-19-7-5-6-8-20(19)17(18)2/h5-10,13-14,16H,4,11-12,15H2,1-3H3,(H,27,28,29). The number of methoxy groups -OCH3 is 1. The van der Waals surface area contributed by atoms with Crippen LogP contribution < -0.4 is 10.1 Å². The van der Waals surface area contributed by atoms with Gasteiger partial charge in [-0.2, -0.15) is 0 Å². The number of ether oxygens (including phenoxy) is 2. The van der Waals surface area contributed by atoms with E-state index in [9.17, 15) is 4.79 Å². The van der Waals surface area contributed by atoms with Gasteiger partial charge in [0, 0.05) is 18.7 Å². The molecule has 1 N–H and O–H groups in total. The first kappa shape index (κ1) is 22.7. The Balaban J connectivity index is 1.47. The summed E-state index contributed by atoms with van der Waals surface area (Å²) in [5.41, 5.74) is 3.43. The number of esters is 1. The van der Waals surface area contributed by atoms with Gasteiger partial charge < -0.3 is 14.8 Å². The second-order valence-corrected chi connectivity index (χ2v) is 8.76. The minimum atomic E-state index is -0.293. The molecule has 0 radical (unpaired) electrons. The molecule has 2 aromatic carbocycles. The number of carbonyl (C=O) groups excluding carboxylic acids is 1. The van der Waals surface area contributed by atoms with E-state index in [1.165, 1.54) is 40.3 Å². The maximum Gasteiger partial charge on any atom is 0.310 e. The highest BCUT2D eigenvalue weighted by Gasteiger charge is 2.16. The van der Waals surface area contributed by atoms with E-state index in [4.69, 9.17) is 9.47 Å². The molecule has 4 aromatic rings. The van der Waals surface area contributed by atoms with Crippen LogP contribution in [0.25, 0.3) is 21.3 Å². The van der Waals surface area contributed by atoms with Crippen molar-refractivity contribution >= 4 is 33.9 Å². The van der Waals surface area contributed by atoms with E-state index in [0.29, 0.717) is 12.4 Å². The van der Waals surface area contributed by atoms with Gasteiger partial charge >= 0.3 is 5.97 Å². The fourth-order valence-corrected chi connectivity index (χ4v) is 4.86. The summed E-state index contributed by atoms with van der Waals surface area (Å²) >= 11 is 1.48. The van der Waals surface area contributed by atoms with Crippen molar-refractivity contribution in [1.29, 1.82) is 0 Å². The fourth-order valence-electron chi connectivity index (χ4n) is 3.80. The zero-order valence-electron chi connectivity index (χ0n) is 19.1. The first-order valence-corrected chi connectivity index (χ1v) is 11.8. The molecule has 7 heteroatoms. The number of carbonyl (C=O) groups is 1. The Kier molecular flexibility index (Phi) is 7.19. The van der Waals surface area contributed by atoms with Crippen molar-refractivity contribution in [1.82, 2.24) is 9.97 Å². The highest BCUT2D eigenvalue weighted by molar-refractivity contribution is 7.15. The highest BCUT2D eigenvalue weighted by Crippen LogP contribution is 2.36. The van der Waals surface area contributed by atoms with Crippen molar-refractivity contribution in [2.75, 3.05) is 25.6 Å². The lowest BCUT2D eigenvalue weighted by Gasteiger charge is -2.11. The summed E-state index contributed by atoms with van der Waals surface area (Å²) in [6.45, 7) is 5.38. The minimum Gasteiger partial charge on any atom is -0.493 e. The van der Waals surface area contributed by atoms with Crippen LogP contribution in [0.3, 0.4) is 0 Å². The van der Waals surface area contributed by atoms with Gasteiger partial charge in [-0.25, -0.2) is 9.97 Å². The Morgan fingerprint density at radius 2 is 1.97 bits per heavy atom. The first-order valence-electron chi connectivity index (χ1n) is 10.9. The molecule has 33 heavy (non-hydrogen) atoms. The Bertz CT molecular complexity index is 1270. The number of hydrogen-bond acceptors (Lipinski definition) is 7. The Hall–Kier alpha value is -3.45. The van der Waals surface area contributed by atoms with E-state index in [1.807, 2.05) is 19.1 Å². The summed E-state index contributed by atoms with van der Waals surface area (Å²) in [7, 11) is 1.39. The SMILES string of the molecule is CCOc1cc(-c2cc(NCCc3ccc4ccccc4c3C)ncn2)sc1CC(=O)OC. The summed E-state index contributed by atoms with van der Waals surface area (Å²) in [5, 5.41) is 5.98. The number of nitrogens with one attached hydrogen (secondary N) is 1. The summed E-state index contributed by atoms with van der Waals surface area (Å²) in [5.74, 6) is 1.17. The molecule has 0 aliphatic heterocycles. The molecule has 2 aromatic heterocycles. The number of anilines is 1. The third-order valence-corrected chi connectivity index (χ3v) is 6.67. The lowest BCUT2D eigenvalue weighted by molar-refractivity contribution is -0.139. The molecule has 4 rings (SSSR count). The summed E-state index contributed by atoms with van der Waals surface area (Å²) < 4.78 is 10.5. The zero-order valence-corrected chi connectivity index (χ0v) is 19.9. The third kappa shape index (κ3) is 5.31. The Morgan fingerprint density at radius 1 is 1.12 bits per heavy atom. The monoisotopic (exact) mass is 461 g/mol. The zero-order chi connectivity index (χ0) is 23.2. The molecule has 0 aliphatic rings. The lowest BCUT2D eigenvalue weighted by atomic mass is 9.98. The average molecular weight is 462 g/mol. The molecule has 0 amide bonds. The number of nitrogens with zero attached hydrogens (tertiary/aromatic N) is 2. The van der Waals surface area contributed by atoms with E-state index >= 15 is 0 Å². The summed E-state index contributed by atoms with van der Waals surface area (Å²) in [6.07, 6.45) is 2.63. The molecular formula is C26H27N3O3S. The molecule has 0 saturated carbocycles. The molecule has 0 aliphatic carbocycles. The quantitative estimate of drug-likeness (QED) is 0.335. The second kappa shape index (κ2) is 10.4. The van der Waals surface area contributed by atoms with Crippen LogP contribution in [-0.2, 0) is 22.4 Å². The predicted octanol–water partition coefficient (Wildman–Crippen LogP) is 5.44. The van der Waals surface area contributed by atoms with E-state index < -0.39 is 0 Å². The van der Waals surface area contributed by atoms with Crippen molar-refractivity contribution in [3.8, 4) is 16.3 Å². The predicted molar refractivity (Wildman–Crippen MR) is 133 cm³/mol. The van der Waals surface area contributed by atoms with Gasteiger partial charge in [0.2, 0.25) is 0 Å². The van der Waals surface area contributed by atoms with Crippen LogP contribution in [0.4, 0.5) is 5.82 Å². The highest BCUT2D eigenvalue weighted by atomic mass is 32.1. The summed E-state index contributed by atoms with van der Waals surface area (Å²) in [4.78, 5) is 22.3. The number of thiophene rings is 1. The first-order chi connectivity index (χ1) is 16.1. The van der Waals surface area contributed by atoms with Crippen LogP contribution in [-0.4, -0.2) is 36.2 Å². The van der Waals surface area contributed by atoms with E-state index in [-0.39, 0.29) is 12.4 Å². The molecule has 0 spiro atoms. The molecule has 0 unspecified atom stereocenters. The normalized spacial score (nSPS) is 10.9. The Labute approximate surface area is 197 Å². The smallest absolute Gasteiger partial charge is 0.310 e. The molecule has 6 nitrogen and oxygen atoms in total.